The van der Waals surface area contributed by atoms with Crippen molar-refractivity contribution in [3.63, 3.8) is 0 Å². The fraction of sp³-hybridized carbons (Fsp3) is 0.895. The second-order valence-electron chi connectivity index (χ2n) is 23.5. The van der Waals surface area contributed by atoms with Gasteiger partial charge in [0.05, 0.1) is 0 Å². The normalized spacial score (nSPS) is 22.4. The van der Waals surface area contributed by atoms with Gasteiger partial charge in [-0.1, -0.05) is 179 Å². The summed E-state index contributed by atoms with van der Waals surface area (Å²) in [6, 6.07) is 0. The summed E-state index contributed by atoms with van der Waals surface area (Å²) in [5.41, 5.74) is 1.90. The van der Waals surface area contributed by atoms with Gasteiger partial charge in [-0.3, -0.25) is 0 Å². The van der Waals surface area contributed by atoms with Crippen LogP contribution in [0, 0.1) is 126 Å². The van der Waals surface area contributed by atoms with Crippen LogP contribution in [0.25, 0.3) is 0 Å². The van der Waals surface area contributed by atoms with Crippen LogP contribution < -0.4 is 0 Å². The first-order valence-electron chi connectivity index (χ1n) is 23.0. The Labute approximate surface area is 430 Å². The standard InChI is InChI=1S/C11H22.C10H20.C9H18.3C7H16.6CH3.3Ru/c1-5-10-6-7-11(3,4)8-9(10)2;1-8-5-9(2)7-10(3,4)6-8;1-8-5-4-6-9(2,3)7-8;3*1-6(2)5-7(3)4;;;;;;;;;/h9-10H,5-8H2,1-4H3;8-9H,5-7H2,1-4H3;8H,4-7H2,1-3H3;3*6-7H,5H2,1-4H3;6*1H3;;;/q;;;;;;6*-1;3*+2. The Balaban J connectivity index is -0.0000000451. The maximum Gasteiger partial charge on any atom is 2.00 e. The van der Waals surface area contributed by atoms with Gasteiger partial charge in [0.1, 0.15) is 0 Å². The van der Waals surface area contributed by atoms with Gasteiger partial charge in [0.2, 0.25) is 0 Å². The van der Waals surface area contributed by atoms with Crippen molar-refractivity contribution in [1.29, 1.82) is 0 Å². The van der Waals surface area contributed by atoms with Crippen molar-refractivity contribution < 1.29 is 58.4 Å². The Morgan fingerprint density at radius 3 is 0.867 bits per heavy atom. The Morgan fingerprint density at radius 1 is 0.400 bits per heavy atom. The molecule has 0 heterocycles. The molecule has 0 aromatic heterocycles. The molecule has 5 unspecified atom stereocenters. The van der Waals surface area contributed by atoms with E-state index in [1.165, 1.54) is 89.9 Å². The molecular weight excluding hydrogens is 988 g/mol. The predicted octanol–water partition coefficient (Wildman–Crippen LogP) is 21.3. The smallest absolute Gasteiger partial charge is 0.358 e. The van der Waals surface area contributed by atoms with Gasteiger partial charge in [-0.2, -0.15) is 0 Å². The molecule has 3 aliphatic carbocycles. The van der Waals surface area contributed by atoms with Crippen molar-refractivity contribution >= 4 is 0 Å². The Bertz CT molecular complexity index is 713. The quantitative estimate of drug-likeness (QED) is 0.176. The molecule has 3 saturated carbocycles. The molecule has 378 valence electrons. The molecule has 0 radical (unpaired) electrons. The van der Waals surface area contributed by atoms with Gasteiger partial charge < -0.3 is 44.6 Å². The van der Waals surface area contributed by atoms with E-state index in [-0.39, 0.29) is 103 Å². The Kier molecular flexibility index (Phi) is 75.0. The zero-order valence-corrected chi connectivity index (χ0v) is 53.0. The third-order valence-electron chi connectivity index (χ3n) is 11.3. The van der Waals surface area contributed by atoms with E-state index in [4.69, 9.17) is 0 Å². The Hall–Kier alpha value is 1.87. The van der Waals surface area contributed by atoms with Gasteiger partial charge >= 0.3 is 58.4 Å². The topological polar surface area (TPSA) is 0 Å². The number of rotatable bonds is 7. The van der Waals surface area contributed by atoms with Crippen molar-refractivity contribution in [2.75, 3.05) is 0 Å². The van der Waals surface area contributed by atoms with E-state index in [1.54, 1.807) is 0 Å². The summed E-state index contributed by atoms with van der Waals surface area (Å²) in [7, 11) is 0. The molecule has 0 spiro atoms. The van der Waals surface area contributed by atoms with Crippen LogP contribution in [0.3, 0.4) is 0 Å². The monoisotopic (exact) mass is 1120 g/mol. The van der Waals surface area contributed by atoms with Crippen LogP contribution in [0.1, 0.15) is 249 Å². The van der Waals surface area contributed by atoms with Gasteiger partial charge in [-0.25, -0.2) is 0 Å². The molecule has 0 aromatic rings. The van der Waals surface area contributed by atoms with E-state index < -0.39 is 0 Å². The second kappa shape index (κ2) is 48.8. The van der Waals surface area contributed by atoms with E-state index in [1.807, 2.05) is 0 Å². The average molecular weight is 1110 g/mol. The fourth-order valence-electron chi connectivity index (χ4n) is 10.3. The molecule has 0 amide bonds. The van der Waals surface area contributed by atoms with Crippen molar-refractivity contribution in [3.8, 4) is 0 Å². The molecule has 3 fully saturated rings. The molecule has 0 N–H and O–H groups in total. The summed E-state index contributed by atoms with van der Waals surface area (Å²) < 4.78 is 0. The summed E-state index contributed by atoms with van der Waals surface area (Å²) in [5.74, 6) is 10.1. The van der Waals surface area contributed by atoms with Crippen LogP contribution in [0.15, 0.2) is 0 Å². The largest absolute Gasteiger partial charge is 2.00 e. The molecule has 0 nitrogen and oxygen atoms in total. The summed E-state index contributed by atoms with van der Waals surface area (Å²) in [5, 5.41) is 0. The van der Waals surface area contributed by atoms with Crippen molar-refractivity contribution in [2.24, 2.45) is 81.3 Å². The summed E-state index contributed by atoms with van der Waals surface area (Å²) in [6.45, 7) is 53.5. The summed E-state index contributed by atoms with van der Waals surface area (Å²) in [4.78, 5) is 0. The van der Waals surface area contributed by atoms with Crippen molar-refractivity contribution in [3.05, 3.63) is 44.6 Å². The van der Waals surface area contributed by atoms with Gasteiger partial charge in [-0.15, -0.1) is 0 Å². The predicted molar refractivity (Wildman–Crippen MR) is 279 cm³/mol. The van der Waals surface area contributed by atoms with E-state index in [2.05, 4.69) is 159 Å². The fourth-order valence-corrected chi connectivity index (χ4v) is 10.3. The number of hydrogen-bond donors (Lipinski definition) is 0. The summed E-state index contributed by atoms with van der Waals surface area (Å²) in [6.07, 6.45) is 19.9. The van der Waals surface area contributed by atoms with Crippen molar-refractivity contribution in [1.82, 2.24) is 0 Å². The van der Waals surface area contributed by atoms with Crippen LogP contribution in [-0.2, 0) is 58.4 Å². The zero-order chi connectivity index (χ0) is 40.8. The first-order valence-corrected chi connectivity index (χ1v) is 23.0. The second-order valence-corrected chi connectivity index (χ2v) is 23.5. The van der Waals surface area contributed by atoms with Crippen molar-refractivity contribution in [2.45, 2.75) is 249 Å². The minimum Gasteiger partial charge on any atom is -0.358 e. The molecule has 3 rings (SSSR count). The van der Waals surface area contributed by atoms with Gasteiger partial charge in [-0.05, 0) is 152 Å². The number of hydrogen-bond acceptors (Lipinski definition) is 0. The average Bonchev–Trinajstić information content (AvgIpc) is 2.85. The van der Waals surface area contributed by atoms with E-state index in [0.29, 0.717) is 16.2 Å². The molecule has 0 aromatic carbocycles. The van der Waals surface area contributed by atoms with Crippen LogP contribution >= 0.6 is 0 Å². The van der Waals surface area contributed by atoms with E-state index in [0.717, 1.165) is 65.1 Å². The molecule has 0 bridgehead atoms. The molecule has 0 saturated heterocycles. The SMILES string of the molecule is CC(C)CC(C)C.CC(C)CC(C)C.CC(C)CC(C)C.CC1CC(C)CC(C)(C)C1.CC1CCCC(C)(C)C1.CCC1CCC(C)(C)CC1C.[CH3-].[CH3-].[CH3-].[CH3-].[CH3-].[CH3-].[Ru+2].[Ru+2].[Ru+2]. The molecular formula is C57H126Ru3. The van der Waals surface area contributed by atoms with Crippen LogP contribution in [-0.4, -0.2) is 0 Å². The van der Waals surface area contributed by atoms with Crippen LogP contribution in [0.5, 0.6) is 0 Å². The summed E-state index contributed by atoms with van der Waals surface area (Å²) >= 11 is 0. The molecule has 60 heavy (non-hydrogen) atoms. The van der Waals surface area contributed by atoms with Gasteiger partial charge in [0.25, 0.3) is 0 Å². The third-order valence-corrected chi connectivity index (χ3v) is 11.3. The molecule has 3 aliphatic rings. The van der Waals surface area contributed by atoms with Crippen LogP contribution in [0.4, 0.5) is 0 Å². The van der Waals surface area contributed by atoms with Crippen LogP contribution in [0.2, 0.25) is 0 Å². The zero-order valence-electron chi connectivity index (χ0n) is 47.8. The molecule has 3 heteroatoms. The minimum absolute atomic E-state index is 0. The molecule has 5 atom stereocenters. The third kappa shape index (κ3) is 64.2. The van der Waals surface area contributed by atoms with E-state index >= 15 is 0 Å². The maximum absolute atomic E-state index is 2.43. The van der Waals surface area contributed by atoms with Gasteiger partial charge in [0, 0.05) is 0 Å². The molecule has 0 aliphatic heterocycles. The first kappa shape index (κ1) is 92.2. The van der Waals surface area contributed by atoms with Gasteiger partial charge in [0.15, 0.2) is 0 Å². The maximum atomic E-state index is 2.43. The minimum atomic E-state index is 0. The Morgan fingerprint density at radius 2 is 0.683 bits per heavy atom. The van der Waals surface area contributed by atoms with E-state index in [9.17, 15) is 0 Å². The first-order chi connectivity index (χ1) is 23.0.